The minimum atomic E-state index is 0.472. The second-order valence-corrected chi connectivity index (χ2v) is 7.97. The third-order valence-electron chi connectivity index (χ3n) is 5.66. The highest BCUT2D eigenvalue weighted by Gasteiger charge is 2.23. The molecule has 0 saturated carbocycles. The summed E-state index contributed by atoms with van der Waals surface area (Å²) in [5.41, 5.74) is 5.24. The molecule has 0 aromatic carbocycles. The first-order valence-corrected chi connectivity index (χ1v) is 10.1. The van der Waals surface area contributed by atoms with Crippen LogP contribution in [0.3, 0.4) is 0 Å². The monoisotopic (exact) mass is 396 g/mol. The first kappa shape index (κ1) is 19.1. The number of hydrogen-bond acceptors (Lipinski definition) is 5. The van der Waals surface area contributed by atoms with Crippen LogP contribution in [0.4, 0.5) is 0 Å². The average Bonchev–Trinajstić information content (AvgIpc) is 2.71. The Bertz CT molecular complexity index is 999. The number of methoxy groups -OCH3 is 1. The Morgan fingerprint density at radius 1 is 1.14 bits per heavy atom. The molecule has 5 nitrogen and oxygen atoms in total. The lowest BCUT2D eigenvalue weighted by Gasteiger charge is -2.32. The van der Waals surface area contributed by atoms with Gasteiger partial charge in [-0.25, -0.2) is 9.97 Å². The van der Waals surface area contributed by atoms with Crippen LogP contribution in [0, 0.1) is 13.8 Å². The lowest BCUT2D eigenvalue weighted by Crippen LogP contribution is -2.33. The van der Waals surface area contributed by atoms with Gasteiger partial charge in [0.1, 0.15) is 5.75 Å². The third-order valence-corrected chi connectivity index (χ3v) is 5.87. The molecule has 0 amide bonds. The molecule has 4 rings (SSSR count). The van der Waals surface area contributed by atoms with Crippen LogP contribution in [-0.4, -0.2) is 40.1 Å². The van der Waals surface area contributed by atoms with Crippen LogP contribution in [-0.2, 0) is 6.54 Å². The zero-order valence-corrected chi connectivity index (χ0v) is 17.3. The molecule has 6 heteroatoms. The summed E-state index contributed by atoms with van der Waals surface area (Å²) >= 11 is 6.02. The molecule has 0 radical (unpaired) electrons. The van der Waals surface area contributed by atoms with Crippen LogP contribution in [0.25, 0.3) is 11.0 Å². The van der Waals surface area contributed by atoms with Gasteiger partial charge in [-0.2, -0.15) is 0 Å². The molecular weight excluding hydrogens is 372 g/mol. The van der Waals surface area contributed by atoms with Gasteiger partial charge in [-0.3, -0.25) is 9.88 Å². The van der Waals surface area contributed by atoms with Crippen molar-refractivity contribution in [1.29, 1.82) is 0 Å². The number of likely N-dealkylation sites (tertiary alicyclic amines) is 1. The van der Waals surface area contributed by atoms with Crippen LogP contribution < -0.4 is 4.74 Å². The zero-order chi connectivity index (χ0) is 19.7. The molecule has 0 aliphatic carbocycles. The normalized spacial score (nSPS) is 15.9. The minimum absolute atomic E-state index is 0.472. The van der Waals surface area contributed by atoms with Crippen molar-refractivity contribution in [3.8, 4) is 5.75 Å². The van der Waals surface area contributed by atoms with Crippen molar-refractivity contribution >= 4 is 22.6 Å². The molecule has 1 aliphatic rings. The van der Waals surface area contributed by atoms with Crippen molar-refractivity contribution in [2.45, 2.75) is 39.2 Å². The maximum Gasteiger partial charge on any atom is 0.159 e. The highest BCUT2D eigenvalue weighted by molar-refractivity contribution is 6.31. The SMILES string of the molecule is COc1c(C)cnc(CN2CCC(c3ccc4cc(Cl)cnc4n3)CC2)c1C. The van der Waals surface area contributed by atoms with Crippen LogP contribution >= 0.6 is 11.6 Å². The molecule has 1 saturated heterocycles. The number of ether oxygens (including phenoxy) is 1. The van der Waals surface area contributed by atoms with E-state index >= 15 is 0 Å². The Morgan fingerprint density at radius 2 is 1.93 bits per heavy atom. The molecule has 3 aromatic heterocycles. The Kier molecular flexibility index (Phi) is 5.47. The number of nitrogens with zero attached hydrogens (tertiary/aromatic N) is 4. The minimum Gasteiger partial charge on any atom is -0.496 e. The summed E-state index contributed by atoms with van der Waals surface area (Å²) < 4.78 is 5.54. The molecule has 28 heavy (non-hydrogen) atoms. The number of pyridine rings is 3. The molecule has 0 spiro atoms. The maximum absolute atomic E-state index is 6.02. The van der Waals surface area contributed by atoms with E-state index in [9.17, 15) is 0 Å². The summed E-state index contributed by atoms with van der Waals surface area (Å²) in [5, 5.41) is 1.63. The van der Waals surface area contributed by atoms with E-state index in [2.05, 4.69) is 33.9 Å². The fraction of sp³-hybridized carbons (Fsp3) is 0.409. The van der Waals surface area contributed by atoms with Gasteiger partial charge in [0, 0.05) is 47.1 Å². The van der Waals surface area contributed by atoms with Gasteiger partial charge in [0.05, 0.1) is 17.8 Å². The van der Waals surface area contributed by atoms with E-state index in [1.54, 1.807) is 13.3 Å². The summed E-state index contributed by atoms with van der Waals surface area (Å²) in [6.07, 6.45) is 5.75. The smallest absolute Gasteiger partial charge is 0.159 e. The lowest BCUT2D eigenvalue weighted by molar-refractivity contribution is 0.200. The molecular formula is C22H25ClN4O. The van der Waals surface area contributed by atoms with E-state index in [-0.39, 0.29) is 0 Å². The predicted molar refractivity (Wildman–Crippen MR) is 112 cm³/mol. The fourth-order valence-corrected chi connectivity index (χ4v) is 4.22. The van der Waals surface area contributed by atoms with E-state index in [0.717, 1.165) is 71.8 Å². The summed E-state index contributed by atoms with van der Waals surface area (Å²) in [7, 11) is 1.73. The molecule has 0 atom stereocenters. The lowest BCUT2D eigenvalue weighted by atomic mass is 9.92. The largest absolute Gasteiger partial charge is 0.496 e. The molecule has 1 aliphatic heterocycles. The van der Waals surface area contributed by atoms with Crippen LogP contribution in [0.2, 0.25) is 5.02 Å². The van der Waals surface area contributed by atoms with Gasteiger partial charge in [0.15, 0.2) is 5.65 Å². The molecule has 146 valence electrons. The second kappa shape index (κ2) is 8.02. The Balaban J connectivity index is 1.43. The van der Waals surface area contributed by atoms with Gasteiger partial charge in [-0.15, -0.1) is 0 Å². The van der Waals surface area contributed by atoms with E-state index < -0.39 is 0 Å². The summed E-state index contributed by atoms with van der Waals surface area (Å²) in [4.78, 5) is 16.3. The Labute approximate surface area is 170 Å². The van der Waals surface area contributed by atoms with Crippen molar-refractivity contribution in [3.63, 3.8) is 0 Å². The highest BCUT2D eigenvalue weighted by atomic mass is 35.5. The maximum atomic E-state index is 6.02. The first-order chi connectivity index (χ1) is 13.5. The summed E-state index contributed by atoms with van der Waals surface area (Å²) in [6, 6.07) is 6.11. The summed E-state index contributed by atoms with van der Waals surface area (Å²) in [5.74, 6) is 1.42. The van der Waals surface area contributed by atoms with Crippen molar-refractivity contribution in [2.24, 2.45) is 0 Å². The van der Waals surface area contributed by atoms with Gasteiger partial charge in [0.2, 0.25) is 0 Å². The van der Waals surface area contributed by atoms with Crippen molar-refractivity contribution < 1.29 is 4.74 Å². The van der Waals surface area contributed by atoms with Gasteiger partial charge in [0.25, 0.3) is 0 Å². The molecule has 4 heterocycles. The number of rotatable bonds is 4. The number of piperidine rings is 1. The standard InChI is InChI=1S/C22H25ClN4O/c1-14-11-24-20(15(2)21(14)28-3)13-27-8-6-16(7-9-27)19-5-4-17-10-18(23)12-25-22(17)26-19/h4-5,10-12,16H,6-9,13H2,1-3H3. The van der Waals surface area contributed by atoms with E-state index in [0.29, 0.717) is 10.9 Å². The molecule has 0 unspecified atom stereocenters. The quantitative estimate of drug-likeness (QED) is 0.640. The van der Waals surface area contributed by atoms with E-state index in [1.807, 2.05) is 19.2 Å². The van der Waals surface area contributed by atoms with Crippen LogP contribution in [0.1, 0.15) is 41.3 Å². The van der Waals surface area contributed by atoms with Crippen LogP contribution in [0.5, 0.6) is 5.75 Å². The van der Waals surface area contributed by atoms with E-state index in [1.165, 1.54) is 0 Å². The van der Waals surface area contributed by atoms with Gasteiger partial charge < -0.3 is 4.74 Å². The Morgan fingerprint density at radius 3 is 2.68 bits per heavy atom. The number of fused-ring (bicyclic) bond motifs is 1. The van der Waals surface area contributed by atoms with Gasteiger partial charge in [-0.1, -0.05) is 11.6 Å². The Hall–Kier alpha value is -2.24. The third kappa shape index (κ3) is 3.82. The molecule has 0 bridgehead atoms. The first-order valence-electron chi connectivity index (χ1n) is 9.68. The van der Waals surface area contributed by atoms with Crippen molar-refractivity contribution in [3.05, 3.63) is 58.1 Å². The van der Waals surface area contributed by atoms with Gasteiger partial charge >= 0.3 is 0 Å². The number of hydrogen-bond donors (Lipinski definition) is 0. The average molecular weight is 397 g/mol. The number of aryl methyl sites for hydroxylation is 1. The highest BCUT2D eigenvalue weighted by Crippen LogP contribution is 2.30. The number of aromatic nitrogens is 3. The van der Waals surface area contributed by atoms with Crippen LogP contribution in [0.15, 0.2) is 30.6 Å². The second-order valence-electron chi connectivity index (χ2n) is 7.53. The van der Waals surface area contributed by atoms with Crippen molar-refractivity contribution in [1.82, 2.24) is 19.9 Å². The molecule has 1 fully saturated rings. The van der Waals surface area contributed by atoms with E-state index in [4.69, 9.17) is 21.3 Å². The zero-order valence-electron chi connectivity index (χ0n) is 16.6. The predicted octanol–water partition coefficient (Wildman–Crippen LogP) is 4.68. The molecule has 3 aromatic rings. The topological polar surface area (TPSA) is 51.1 Å². The number of halogens is 1. The van der Waals surface area contributed by atoms with Gasteiger partial charge in [-0.05, 0) is 58.0 Å². The van der Waals surface area contributed by atoms with Crippen molar-refractivity contribution in [2.75, 3.05) is 20.2 Å². The summed E-state index contributed by atoms with van der Waals surface area (Å²) in [6.45, 7) is 7.07. The fourth-order valence-electron chi connectivity index (χ4n) is 4.05. The molecule has 0 N–H and O–H groups in total.